The molecule has 1 aromatic heterocycles. The molecule has 0 radical (unpaired) electrons. The Kier molecular flexibility index (Phi) is 4.19. The van der Waals surface area contributed by atoms with Crippen molar-refractivity contribution in [2.45, 2.75) is 25.8 Å². The molecule has 0 atom stereocenters. The van der Waals surface area contributed by atoms with Crippen LogP contribution in [0.25, 0.3) is 0 Å². The molecule has 4 nitrogen and oxygen atoms in total. The normalized spacial score (nSPS) is 16.6. The molecule has 5 heteroatoms. The van der Waals surface area contributed by atoms with Gasteiger partial charge in [-0.15, -0.1) is 0 Å². The lowest BCUT2D eigenvalue weighted by molar-refractivity contribution is 0.0362. The summed E-state index contributed by atoms with van der Waals surface area (Å²) >= 11 is 6.10. The van der Waals surface area contributed by atoms with Crippen LogP contribution in [0.2, 0.25) is 5.02 Å². The Labute approximate surface area is 112 Å². The van der Waals surface area contributed by atoms with Crippen molar-refractivity contribution in [3.63, 3.8) is 0 Å². The minimum absolute atomic E-state index is 0.0700. The van der Waals surface area contributed by atoms with Crippen LogP contribution in [0, 0.1) is 6.92 Å². The van der Waals surface area contributed by atoms with E-state index in [0.29, 0.717) is 23.8 Å². The summed E-state index contributed by atoms with van der Waals surface area (Å²) in [6.45, 7) is 3.27. The first-order valence-corrected chi connectivity index (χ1v) is 6.44. The quantitative estimate of drug-likeness (QED) is 0.827. The van der Waals surface area contributed by atoms with Crippen LogP contribution in [0.3, 0.4) is 0 Å². The van der Waals surface area contributed by atoms with E-state index in [1.54, 1.807) is 17.2 Å². The summed E-state index contributed by atoms with van der Waals surface area (Å²) in [5.41, 5.74) is 1.28. The zero-order chi connectivity index (χ0) is 13.1. The van der Waals surface area contributed by atoms with Crippen LogP contribution in [-0.4, -0.2) is 42.1 Å². The lowest BCUT2D eigenvalue weighted by Gasteiger charge is -2.31. The third-order valence-electron chi connectivity index (χ3n) is 3.28. The molecule has 1 fully saturated rings. The van der Waals surface area contributed by atoms with Crippen LogP contribution >= 0.6 is 11.6 Å². The molecule has 1 saturated heterocycles. The van der Waals surface area contributed by atoms with E-state index in [9.17, 15) is 4.79 Å². The first kappa shape index (κ1) is 13.3. The summed E-state index contributed by atoms with van der Waals surface area (Å²) in [5.74, 6) is -0.0700. The van der Waals surface area contributed by atoms with Crippen molar-refractivity contribution in [1.29, 1.82) is 0 Å². The standard InChI is InChI=1S/C13H17ClN2O2/c1-9-7-12(14)11(8-15-9)13(17)16(2)10-3-5-18-6-4-10/h7-8,10H,3-6H2,1-2H3. The van der Waals surface area contributed by atoms with E-state index >= 15 is 0 Å². The molecule has 2 heterocycles. The van der Waals surface area contributed by atoms with Gasteiger partial charge in [-0.25, -0.2) is 0 Å². The zero-order valence-electron chi connectivity index (χ0n) is 10.6. The second-order valence-corrected chi connectivity index (χ2v) is 4.97. The number of ether oxygens (including phenoxy) is 1. The predicted molar refractivity (Wildman–Crippen MR) is 69.9 cm³/mol. The molecule has 0 aliphatic carbocycles. The van der Waals surface area contributed by atoms with Gasteiger partial charge in [0.05, 0.1) is 10.6 Å². The summed E-state index contributed by atoms with van der Waals surface area (Å²) < 4.78 is 5.30. The number of halogens is 1. The van der Waals surface area contributed by atoms with E-state index in [1.807, 2.05) is 14.0 Å². The maximum absolute atomic E-state index is 12.3. The van der Waals surface area contributed by atoms with Crippen molar-refractivity contribution in [3.05, 3.63) is 28.5 Å². The molecular formula is C13H17ClN2O2. The van der Waals surface area contributed by atoms with Crippen molar-refractivity contribution in [2.75, 3.05) is 20.3 Å². The number of carbonyl (C=O) groups is 1. The average molecular weight is 269 g/mol. The van der Waals surface area contributed by atoms with Gasteiger partial charge in [0.2, 0.25) is 0 Å². The molecule has 0 spiro atoms. The number of nitrogens with zero attached hydrogens (tertiary/aromatic N) is 2. The number of aromatic nitrogens is 1. The Morgan fingerprint density at radius 2 is 2.17 bits per heavy atom. The molecule has 1 aliphatic rings. The Balaban J connectivity index is 2.14. The molecule has 1 aromatic rings. The fraction of sp³-hybridized carbons (Fsp3) is 0.538. The van der Waals surface area contributed by atoms with Gasteiger partial charge in [0, 0.05) is 38.2 Å². The molecule has 0 bridgehead atoms. The van der Waals surface area contributed by atoms with Crippen molar-refractivity contribution in [3.8, 4) is 0 Å². The van der Waals surface area contributed by atoms with Crippen molar-refractivity contribution < 1.29 is 9.53 Å². The van der Waals surface area contributed by atoms with Gasteiger partial charge in [0.25, 0.3) is 5.91 Å². The lowest BCUT2D eigenvalue weighted by Crippen LogP contribution is -2.40. The first-order valence-electron chi connectivity index (χ1n) is 6.06. The largest absolute Gasteiger partial charge is 0.381 e. The van der Waals surface area contributed by atoms with E-state index < -0.39 is 0 Å². The molecule has 0 N–H and O–H groups in total. The Morgan fingerprint density at radius 1 is 1.50 bits per heavy atom. The SMILES string of the molecule is Cc1cc(Cl)c(C(=O)N(C)C2CCOCC2)cn1. The van der Waals surface area contributed by atoms with Crippen LogP contribution in [0.4, 0.5) is 0 Å². The van der Waals surface area contributed by atoms with Gasteiger partial charge >= 0.3 is 0 Å². The monoisotopic (exact) mass is 268 g/mol. The topological polar surface area (TPSA) is 42.4 Å². The molecule has 0 aromatic carbocycles. The van der Waals surface area contributed by atoms with Gasteiger partial charge in [-0.05, 0) is 25.8 Å². The predicted octanol–water partition coefficient (Wildman–Crippen LogP) is 2.29. The van der Waals surface area contributed by atoms with E-state index in [2.05, 4.69) is 4.98 Å². The lowest BCUT2D eigenvalue weighted by atomic mass is 10.1. The Hall–Kier alpha value is -1.13. The first-order chi connectivity index (χ1) is 8.59. The minimum atomic E-state index is -0.0700. The number of hydrogen-bond donors (Lipinski definition) is 0. The maximum atomic E-state index is 12.3. The van der Waals surface area contributed by atoms with Gasteiger partial charge in [0.15, 0.2) is 0 Å². The summed E-state index contributed by atoms with van der Waals surface area (Å²) in [6.07, 6.45) is 3.30. The second-order valence-electron chi connectivity index (χ2n) is 4.57. The molecule has 98 valence electrons. The second kappa shape index (κ2) is 5.67. The highest BCUT2D eigenvalue weighted by Gasteiger charge is 2.24. The smallest absolute Gasteiger partial charge is 0.256 e. The van der Waals surface area contributed by atoms with E-state index in [1.165, 1.54) is 0 Å². The highest BCUT2D eigenvalue weighted by atomic mass is 35.5. The van der Waals surface area contributed by atoms with Crippen LogP contribution in [0.15, 0.2) is 12.3 Å². The highest BCUT2D eigenvalue weighted by Crippen LogP contribution is 2.20. The Bertz CT molecular complexity index is 445. The summed E-state index contributed by atoms with van der Waals surface area (Å²) in [5, 5.41) is 0.464. The number of rotatable bonds is 2. The number of aryl methyl sites for hydroxylation is 1. The summed E-state index contributed by atoms with van der Waals surface area (Å²) in [7, 11) is 1.81. The fourth-order valence-electron chi connectivity index (χ4n) is 2.11. The third-order valence-corrected chi connectivity index (χ3v) is 3.59. The summed E-state index contributed by atoms with van der Waals surface area (Å²) in [4.78, 5) is 18.2. The fourth-order valence-corrected chi connectivity index (χ4v) is 2.40. The highest BCUT2D eigenvalue weighted by molar-refractivity contribution is 6.33. The van der Waals surface area contributed by atoms with Crippen LogP contribution in [0.1, 0.15) is 28.9 Å². The molecule has 0 saturated carbocycles. The van der Waals surface area contributed by atoms with E-state index in [0.717, 1.165) is 18.5 Å². The minimum Gasteiger partial charge on any atom is -0.381 e. The molecule has 1 aliphatic heterocycles. The van der Waals surface area contributed by atoms with E-state index in [-0.39, 0.29) is 11.9 Å². The van der Waals surface area contributed by atoms with Crippen molar-refractivity contribution in [1.82, 2.24) is 9.88 Å². The number of carbonyl (C=O) groups excluding carboxylic acids is 1. The molecule has 0 unspecified atom stereocenters. The van der Waals surface area contributed by atoms with Crippen LogP contribution < -0.4 is 0 Å². The maximum Gasteiger partial charge on any atom is 0.256 e. The Morgan fingerprint density at radius 3 is 2.78 bits per heavy atom. The van der Waals surface area contributed by atoms with Crippen molar-refractivity contribution >= 4 is 17.5 Å². The van der Waals surface area contributed by atoms with Crippen LogP contribution in [-0.2, 0) is 4.74 Å². The molecule has 1 amide bonds. The number of pyridine rings is 1. The van der Waals surface area contributed by atoms with Gasteiger partial charge in [0.1, 0.15) is 0 Å². The van der Waals surface area contributed by atoms with Gasteiger partial charge < -0.3 is 9.64 Å². The number of hydrogen-bond acceptors (Lipinski definition) is 3. The van der Waals surface area contributed by atoms with Crippen molar-refractivity contribution in [2.24, 2.45) is 0 Å². The average Bonchev–Trinajstić information content (AvgIpc) is 2.38. The van der Waals surface area contributed by atoms with Crippen LogP contribution in [0.5, 0.6) is 0 Å². The summed E-state index contributed by atoms with van der Waals surface area (Å²) in [6, 6.07) is 1.94. The van der Waals surface area contributed by atoms with Gasteiger partial charge in [-0.2, -0.15) is 0 Å². The number of amides is 1. The van der Waals surface area contributed by atoms with Gasteiger partial charge in [-0.1, -0.05) is 11.6 Å². The van der Waals surface area contributed by atoms with Gasteiger partial charge in [-0.3, -0.25) is 9.78 Å². The third kappa shape index (κ3) is 2.82. The zero-order valence-corrected chi connectivity index (χ0v) is 11.4. The van der Waals surface area contributed by atoms with E-state index in [4.69, 9.17) is 16.3 Å². The molecule has 2 rings (SSSR count). The molecule has 18 heavy (non-hydrogen) atoms. The molecular weight excluding hydrogens is 252 g/mol.